The molecule has 0 aromatic carbocycles. The molecule has 0 saturated heterocycles. The summed E-state index contributed by atoms with van der Waals surface area (Å²) < 4.78 is 0.836. The summed E-state index contributed by atoms with van der Waals surface area (Å²) in [6, 6.07) is 8.02. The molecule has 0 fully saturated rings. The second-order valence-electron chi connectivity index (χ2n) is 5.01. The predicted molar refractivity (Wildman–Crippen MR) is 75.7 cm³/mol. The van der Waals surface area contributed by atoms with Crippen LogP contribution in [0.5, 0.6) is 0 Å². The van der Waals surface area contributed by atoms with E-state index in [1.165, 1.54) is 11.1 Å². The van der Waals surface area contributed by atoms with Crippen molar-refractivity contribution in [2.45, 2.75) is 38.5 Å². The third-order valence-corrected chi connectivity index (χ3v) is 3.71. The van der Waals surface area contributed by atoms with Crippen molar-refractivity contribution < 1.29 is 4.73 Å². The summed E-state index contributed by atoms with van der Waals surface area (Å²) in [7, 11) is 0. The predicted octanol–water partition coefficient (Wildman–Crippen LogP) is 3.40. The summed E-state index contributed by atoms with van der Waals surface area (Å²) in [5.41, 5.74) is 2.57. The minimum absolute atomic E-state index is 0.490. The highest BCUT2D eigenvalue weighted by Crippen LogP contribution is 2.31. The van der Waals surface area contributed by atoms with Crippen LogP contribution < -0.4 is 4.73 Å². The van der Waals surface area contributed by atoms with Crippen LogP contribution in [0.1, 0.15) is 49.7 Å². The van der Waals surface area contributed by atoms with Crippen molar-refractivity contribution >= 4 is 0 Å². The van der Waals surface area contributed by atoms with E-state index in [1.807, 2.05) is 24.5 Å². The molecule has 0 bridgehead atoms. The standard InChI is InChI=1S/C16H20N2O/c1-3-14(16-6-10-18(19)11-7-16)12-13(2)15-4-8-17-9-5-15/h4-11,13-14H,3,12H2,1-2H3. The van der Waals surface area contributed by atoms with Crippen molar-refractivity contribution in [3.05, 3.63) is 65.4 Å². The molecule has 0 radical (unpaired) electrons. The van der Waals surface area contributed by atoms with Crippen molar-refractivity contribution in [1.29, 1.82) is 0 Å². The summed E-state index contributed by atoms with van der Waals surface area (Å²) in [5.74, 6) is 0.983. The molecule has 0 N–H and O–H groups in total. The number of aromatic nitrogens is 2. The summed E-state index contributed by atoms with van der Waals surface area (Å²) in [6.07, 6.45) is 9.01. The fourth-order valence-corrected chi connectivity index (χ4v) is 2.49. The molecular weight excluding hydrogens is 236 g/mol. The number of pyridine rings is 2. The molecule has 2 unspecified atom stereocenters. The van der Waals surface area contributed by atoms with Gasteiger partial charge in [-0.15, -0.1) is 0 Å². The Morgan fingerprint density at radius 1 is 1.11 bits per heavy atom. The molecule has 3 heteroatoms. The van der Waals surface area contributed by atoms with Crippen LogP contribution in [0.2, 0.25) is 0 Å². The lowest BCUT2D eigenvalue weighted by molar-refractivity contribution is -0.605. The van der Waals surface area contributed by atoms with E-state index in [0.29, 0.717) is 11.8 Å². The summed E-state index contributed by atoms with van der Waals surface area (Å²) >= 11 is 0. The number of hydrogen-bond acceptors (Lipinski definition) is 2. The molecule has 2 aromatic heterocycles. The van der Waals surface area contributed by atoms with E-state index in [4.69, 9.17) is 0 Å². The molecule has 2 atom stereocenters. The van der Waals surface area contributed by atoms with Gasteiger partial charge in [0.25, 0.3) is 0 Å². The quantitative estimate of drug-likeness (QED) is 0.607. The molecule has 0 aliphatic heterocycles. The van der Waals surface area contributed by atoms with Gasteiger partial charge in [0.05, 0.1) is 0 Å². The Balaban J connectivity index is 2.09. The van der Waals surface area contributed by atoms with Crippen molar-refractivity contribution in [2.75, 3.05) is 0 Å². The summed E-state index contributed by atoms with van der Waals surface area (Å²) in [5, 5.41) is 11.1. The van der Waals surface area contributed by atoms with Gasteiger partial charge >= 0.3 is 0 Å². The lowest BCUT2D eigenvalue weighted by Crippen LogP contribution is -2.24. The van der Waals surface area contributed by atoms with Gasteiger partial charge in [0, 0.05) is 24.5 Å². The molecule has 0 amide bonds. The third kappa shape index (κ3) is 3.53. The van der Waals surface area contributed by atoms with E-state index in [-0.39, 0.29) is 0 Å². The van der Waals surface area contributed by atoms with Gasteiger partial charge in [-0.25, -0.2) is 0 Å². The van der Waals surface area contributed by atoms with Crippen molar-refractivity contribution in [3.8, 4) is 0 Å². The molecule has 19 heavy (non-hydrogen) atoms. The van der Waals surface area contributed by atoms with Crippen LogP contribution >= 0.6 is 0 Å². The van der Waals surface area contributed by atoms with Crippen LogP contribution in [-0.4, -0.2) is 4.98 Å². The lowest BCUT2D eigenvalue weighted by atomic mass is 9.85. The van der Waals surface area contributed by atoms with Crippen LogP contribution in [0.15, 0.2) is 49.1 Å². The molecule has 100 valence electrons. The maximum absolute atomic E-state index is 11.1. The van der Waals surface area contributed by atoms with Gasteiger partial charge in [-0.1, -0.05) is 13.8 Å². The topological polar surface area (TPSA) is 39.8 Å². The van der Waals surface area contributed by atoms with Crippen molar-refractivity contribution in [1.82, 2.24) is 4.98 Å². The Labute approximate surface area is 114 Å². The molecule has 0 aliphatic rings. The minimum atomic E-state index is 0.490. The first-order valence-corrected chi connectivity index (χ1v) is 6.79. The molecule has 2 aromatic rings. The highest BCUT2D eigenvalue weighted by Gasteiger charge is 2.15. The number of rotatable bonds is 5. The normalized spacial score (nSPS) is 14.0. The van der Waals surface area contributed by atoms with E-state index in [1.54, 1.807) is 12.4 Å². The SMILES string of the molecule is CCC(CC(C)c1ccncc1)c1cc[n+]([O-])cc1. The summed E-state index contributed by atoms with van der Waals surface area (Å²) in [6.45, 7) is 4.44. The van der Waals surface area contributed by atoms with Crippen LogP contribution in [0, 0.1) is 5.21 Å². The van der Waals surface area contributed by atoms with E-state index < -0.39 is 0 Å². The molecule has 0 saturated carbocycles. The first kappa shape index (κ1) is 13.5. The van der Waals surface area contributed by atoms with Gasteiger partial charge in [-0.05, 0) is 47.9 Å². The first-order chi connectivity index (χ1) is 9.20. The Morgan fingerprint density at radius 3 is 2.32 bits per heavy atom. The molecule has 0 aliphatic carbocycles. The zero-order chi connectivity index (χ0) is 13.7. The number of nitrogens with zero attached hydrogens (tertiary/aromatic N) is 2. The third-order valence-electron chi connectivity index (χ3n) is 3.71. The Hall–Kier alpha value is -1.90. The highest BCUT2D eigenvalue weighted by atomic mass is 16.5. The van der Waals surface area contributed by atoms with Crippen LogP contribution in [-0.2, 0) is 0 Å². The summed E-state index contributed by atoms with van der Waals surface area (Å²) in [4.78, 5) is 4.06. The van der Waals surface area contributed by atoms with Crippen LogP contribution in [0.25, 0.3) is 0 Å². The smallest absolute Gasteiger partial charge is 0.180 e. The Kier molecular flexibility index (Phi) is 4.50. The van der Waals surface area contributed by atoms with Gasteiger partial charge in [-0.2, -0.15) is 4.73 Å². The average Bonchev–Trinajstić information content (AvgIpc) is 2.46. The van der Waals surface area contributed by atoms with Gasteiger partial charge in [0.1, 0.15) is 0 Å². The molecular formula is C16H20N2O. The van der Waals surface area contributed by atoms with Crippen LogP contribution in [0.4, 0.5) is 0 Å². The largest absolute Gasteiger partial charge is 0.619 e. The molecule has 3 nitrogen and oxygen atoms in total. The Bertz CT molecular complexity index is 496. The zero-order valence-electron chi connectivity index (χ0n) is 11.5. The average molecular weight is 256 g/mol. The van der Waals surface area contributed by atoms with Gasteiger partial charge in [-0.3, -0.25) is 4.98 Å². The van der Waals surface area contributed by atoms with Gasteiger partial charge in [0.15, 0.2) is 12.4 Å². The second kappa shape index (κ2) is 6.32. The molecule has 0 spiro atoms. The van der Waals surface area contributed by atoms with E-state index >= 15 is 0 Å². The maximum atomic E-state index is 11.1. The van der Waals surface area contributed by atoms with E-state index in [9.17, 15) is 5.21 Å². The van der Waals surface area contributed by atoms with Crippen molar-refractivity contribution in [3.63, 3.8) is 0 Å². The van der Waals surface area contributed by atoms with Gasteiger partial charge in [0.2, 0.25) is 0 Å². The van der Waals surface area contributed by atoms with E-state index in [0.717, 1.165) is 17.6 Å². The molecule has 2 rings (SSSR count). The highest BCUT2D eigenvalue weighted by molar-refractivity contribution is 5.19. The van der Waals surface area contributed by atoms with Gasteiger partial charge < -0.3 is 5.21 Å². The maximum Gasteiger partial charge on any atom is 0.180 e. The van der Waals surface area contributed by atoms with E-state index in [2.05, 4.69) is 31.0 Å². The zero-order valence-corrected chi connectivity index (χ0v) is 11.5. The Morgan fingerprint density at radius 2 is 1.74 bits per heavy atom. The van der Waals surface area contributed by atoms with Crippen molar-refractivity contribution in [2.24, 2.45) is 0 Å². The minimum Gasteiger partial charge on any atom is -0.619 e. The lowest BCUT2D eigenvalue weighted by Gasteiger charge is -2.20. The fourth-order valence-electron chi connectivity index (χ4n) is 2.49. The monoisotopic (exact) mass is 256 g/mol. The fraction of sp³-hybridized carbons (Fsp3) is 0.375. The van der Waals surface area contributed by atoms with Crippen LogP contribution in [0.3, 0.4) is 0 Å². The first-order valence-electron chi connectivity index (χ1n) is 6.79. The number of hydrogen-bond donors (Lipinski definition) is 0. The molecule has 2 heterocycles. The second-order valence-corrected chi connectivity index (χ2v) is 5.01.